The van der Waals surface area contributed by atoms with Crippen LogP contribution in [0.2, 0.25) is 0 Å². The van der Waals surface area contributed by atoms with Crippen molar-refractivity contribution in [3.63, 3.8) is 0 Å². The van der Waals surface area contributed by atoms with Gasteiger partial charge in [0.05, 0.1) is 24.3 Å². The van der Waals surface area contributed by atoms with Crippen molar-refractivity contribution in [2.24, 2.45) is 0 Å². The summed E-state index contributed by atoms with van der Waals surface area (Å²) in [5, 5.41) is 12.9. The number of amides is 1. The normalized spacial score (nSPS) is 23.7. The van der Waals surface area contributed by atoms with Crippen molar-refractivity contribution in [1.82, 2.24) is 4.90 Å². The van der Waals surface area contributed by atoms with Crippen LogP contribution in [0.25, 0.3) is 5.76 Å². The molecule has 2 aromatic rings. The number of likely N-dealkylation sites (tertiary alicyclic amines) is 1. The van der Waals surface area contributed by atoms with Crippen molar-refractivity contribution in [3.8, 4) is 5.75 Å². The zero-order chi connectivity index (χ0) is 20.4. The van der Waals surface area contributed by atoms with Crippen LogP contribution >= 0.6 is 11.3 Å². The molecule has 0 saturated carbocycles. The van der Waals surface area contributed by atoms with Gasteiger partial charge < -0.3 is 19.5 Å². The van der Waals surface area contributed by atoms with Crippen LogP contribution in [-0.4, -0.2) is 47.6 Å². The number of rotatable bonds is 6. The first kappa shape index (κ1) is 19.7. The van der Waals surface area contributed by atoms with Crippen LogP contribution in [0, 0.1) is 0 Å². The number of aliphatic hydroxyl groups excluding tert-OH is 1. The second kappa shape index (κ2) is 8.39. The fourth-order valence-electron chi connectivity index (χ4n) is 3.85. The monoisotopic (exact) mass is 413 g/mol. The number of benzene rings is 1. The van der Waals surface area contributed by atoms with Crippen LogP contribution in [0.5, 0.6) is 5.75 Å². The molecule has 4 rings (SSSR count). The molecule has 29 heavy (non-hydrogen) atoms. The molecule has 0 radical (unpaired) electrons. The average molecular weight is 413 g/mol. The second-order valence-electron chi connectivity index (χ2n) is 7.06. The van der Waals surface area contributed by atoms with E-state index < -0.39 is 17.7 Å². The molecule has 0 unspecified atom stereocenters. The van der Waals surface area contributed by atoms with Crippen LogP contribution in [0.1, 0.15) is 36.2 Å². The molecule has 1 amide bonds. The first-order valence-electron chi connectivity index (χ1n) is 9.76. The molecule has 1 aromatic carbocycles. The molecular formula is C22H23NO5S. The lowest BCUT2D eigenvalue weighted by Crippen LogP contribution is -2.36. The fourth-order valence-corrected chi connectivity index (χ4v) is 4.70. The van der Waals surface area contributed by atoms with Crippen LogP contribution in [-0.2, 0) is 14.3 Å². The molecule has 0 spiro atoms. The van der Waals surface area contributed by atoms with E-state index in [2.05, 4.69) is 0 Å². The van der Waals surface area contributed by atoms with Crippen LogP contribution in [0.3, 0.4) is 0 Å². The number of carbonyl (C=O) groups excluding carboxylic acids is 2. The lowest BCUT2D eigenvalue weighted by atomic mass is 9.99. The van der Waals surface area contributed by atoms with Crippen molar-refractivity contribution in [3.05, 3.63) is 57.8 Å². The molecule has 2 aliphatic heterocycles. The maximum absolute atomic E-state index is 12.9. The lowest BCUT2D eigenvalue weighted by Gasteiger charge is -2.26. The average Bonchev–Trinajstić information content (AvgIpc) is 3.47. The van der Waals surface area contributed by atoms with Crippen LogP contribution in [0.4, 0.5) is 0 Å². The van der Waals surface area contributed by atoms with Gasteiger partial charge in [0, 0.05) is 23.6 Å². The minimum Gasteiger partial charge on any atom is -0.507 e. The van der Waals surface area contributed by atoms with Gasteiger partial charge in [0.1, 0.15) is 11.5 Å². The Morgan fingerprint density at radius 3 is 2.69 bits per heavy atom. The fraction of sp³-hybridized carbons (Fsp3) is 0.364. The van der Waals surface area contributed by atoms with Gasteiger partial charge in [-0.05, 0) is 55.5 Å². The van der Waals surface area contributed by atoms with Crippen LogP contribution in [0.15, 0.2) is 47.4 Å². The summed E-state index contributed by atoms with van der Waals surface area (Å²) >= 11 is 1.46. The summed E-state index contributed by atoms with van der Waals surface area (Å²) in [5.41, 5.74) is 0.602. The number of aliphatic hydroxyl groups is 1. The van der Waals surface area contributed by atoms with Crippen molar-refractivity contribution >= 4 is 28.8 Å². The Bertz CT molecular complexity index is 913. The largest absolute Gasteiger partial charge is 0.507 e. The van der Waals surface area contributed by atoms with Gasteiger partial charge in [-0.25, -0.2) is 0 Å². The Hall–Kier alpha value is -2.64. The highest BCUT2D eigenvalue weighted by Crippen LogP contribution is 2.41. The van der Waals surface area contributed by atoms with E-state index in [1.807, 2.05) is 24.4 Å². The van der Waals surface area contributed by atoms with Crippen molar-refractivity contribution < 1.29 is 24.2 Å². The Morgan fingerprint density at radius 2 is 2.07 bits per heavy atom. The Morgan fingerprint density at radius 1 is 1.28 bits per heavy atom. The smallest absolute Gasteiger partial charge is 0.295 e. The van der Waals surface area contributed by atoms with E-state index in [4.69, 9.17) is 9.47 Å². The van der Waals surface area contributed by atoms with E-state index in [1.165, 1.54) is 11.3 Å². The predicted octanol–water partition coefficient (Wildman–Crippen LogP) is 3.75. The highest BCUT2D eigenvalue weighted by Gasteiger charge is 2.47. The molecule has 3 heterocycles. The first-order chi connectivity index (χ1) is 14.1. The van der Waals surface area contributed by atoms with E-state index in [1.54, 1.807) is 29.2 Å². The molecule has 2 atom stereocenters. The summed E-state index contributed by atoms with van der Waals surface area (Å²) in [4.78, 5) is 28.1. The Labute approximate surface area is 173 Å². The van der Waals surface area contributed by atoms with Gasteiger partial charge in [-0.15, -0.1) is 11.3 Å². The molecule has 2 aliphatic rings. The quantitative estimate of drug-likeness (QED) is 0.443. The Kier molecular flexibility index (Phi) is 5.69. The third-order valence-corrected chi connectivity index (χ3v) is 6.14. The zero-order valence-electron chi connectivity index (χ0n) is 16.2. The standard InChI is InChI=1S/C22H23NO5S/c1-2-27-15-9-7-14(8-10-15)20(24)18-19(17-6-4-12-29-17)23(22(26)21(18)25)13-16-5-3-11-28-16/h4,6-10,12,16,19,24H,2-3,5,11,13H2,1H3/t16-,19+/m1/s1. The van der Waals surface area contributed by atoms with Gasteiger partial charge in [0.25, 0.3) is 11.7 Å². The number of hydrogen-bond donors (Lipinski definition) is 1. The highest BCUT2D eigenvalue weighted by molar-refractivity contribution is 7.10. The summed E-state index contributed by atoms with van der Waals surface area (Å²) in [6, 6.07) is 10.0. The molecule has 0 bridgehead atoms. The third kappa shape index (κ3) is 3.80. The first-order valence-corrected chi connectivity index (χ1v) is 10.6. The second-order valence-corrected chi connectivity index (χ2v) is 8.04. The summed E-state index contributed by atoms with van der Waals surface area (Å²) in [5.74, 6) is -0.739. The summed E-state index contributed by atoms with van der Waals surface area (Å²) < 4.78 is 11.1. The number of nitrogens with zero attached hydrogens (tertiary/aromatic N) is 1. The van der Waals surface area contributed by atoms with Crippen molar-refractivity contribution in [2.45, 2.75) is 31.9 Å². The third-order valence-electron chi connectivity index (χ3n) is 5.22. The molecule has 1 aromatic heterocycles. The van der Waals surface area contributed by atoms with Gasteiger partial charge >= 0.3 is 0 Å². The van der Waals surface area contributed by atoms with E-state index in [9.17, 15) is 14.7 Å². The lowest BCUT2D eigenvalue weighted by molar-refractivity contribution is -0.140. The van der Waals surface area contributed by atoms with Gasteiger partial charge in [0.15, 0.2) is 0 Å². The predicted molar refractivity (Wildman–Crippen MR) is 110 cm³/mol. The minimum atomic E-state index is -0.659. The van der Waals surface area contributed by atoms with Gasteiger partial charge in [-0.2, -0.15) is 0 Å². The number of carbonyl (C=O) groups is 2. The highest BCUT2D eigenvalue weighted by atomic mass is 32.1. The molecule has 152 valence electrons. The SMILES string of the molecule is CCOc1ccc(C(O)=C2C(=O)C(=O)N(C[C@H]3CCCO3)[C@H]2c2cccs2)cc1. The number of Topliss-reactive ketones (excluding diaryl/α,β-unsaturated/α-hetero) is 1. The van der Waals surface area contributed by atoms with Gasteiger partial charge in [-0.1, -0.05) is 6.07 Å². The number of hydrogen-bond acceptors (Lipinski definition) is 6. The molecule has 2 saturated heterocycles. The molecule has 0 aliphatic carbocycles. The van der Waals surface area contributed by atoms with E-state index in [-0.39, 0.29) is 17.4 Å². The number of ether oxygens (including phenoxy) is 2. The molecular weight excluding hydrogens is 390 g/mol. The van der Waals surface area contributed by atoms with E-state index in [0.717, 1.165) is 17.7 Å². The van der Waals surface area contributed by atoms with Crippen molar-refractivity contribution in [2.75, 3.05) is 19.8 Å². The van der Waals surface area contributed by atoms with Gasteiger partial charge in [-0.3, -0.25) is 9.59 Å². The summed E-state index contributed by atoms with van der Waals surface area (Å²) in [6.45, 7) is 3.44. The van der Waals surface area contributed by atoms with Crippen LogP contribution < -0.4 is 4.74 Å². The summed E-state index contributed by atoms with van der Waals surface area (Å²) in [6.07, 6.45) is 1.73. The van der Waals surface area contributed by atoms with Crippen molar-refractivity contribution in [1.29, 1.82) is 0 Å². The Balaban J connectivity index is 1.74. The molecule has 6 nitrogen and oxygen atoms in total. The minimum absolute atomic E-state index is 0.0822. The van der Waals surface area contributed by atoms with E-state index in [0.29, 0.717) is 31.1 Å². The van der Waals surface area contributed by atoms with Gasteiger partial charge in [0.2, 0.25) is 0 Å². The number of thiophene rings is 1. The molecule has 2 fully saturated rings. The maximum Gasteiger partial charge on any atom is 0.295 e. The van der Waals surface area contributed by atoms with E-state index >= 15 is 0 Å². The maximum atomic E-state index is 12.9. The molecule has 7 heteroatoms. The summed E-state index contributed by atoms with van der Waals surface area (Å²) in [7, 11) is 0. The molecule has 1 N–H and O–H groups in total. The topological polar surface area (TPSA) is 76.1 Å². The number of ketones is 1. The zero-order valence-corrected chi connectivity index (χ0v) is 17.0.